The van der Waals surface area contributed by atoms with E-state index in [1.54, 1.807) is 0 Å². The maximum atomic E-state index is 11.5. The predicted molar refractivity (Wildman–Crippen MR) is 144 cm³/mol. The van der Waals surface area contributed by atoms with Crippen LogP contribution in [0.4, 0.5) is 0 Å². The molecule has 220 valence electrons. The lowest BCUT2D eigenvalue weighted by atomic mass is 10.2. The van der Waals surface area contributed by atoms with Gasteiger partial charge in [-0.05, 0) is 11.1 Å². The first kappa shape index (κ1) is 34.2. The summed E-state index contributed by atoms with van der Waals surface area (Å²) in [6, 6.07) is 18.9. The Labute approximate surface area is 232 Å². The van der Waals surface area contributed by atoms with Gasteiger partial charge in [-0.15, -0.1) is 0 Å². The van der Waals surface area contributed by atoms with Crippen molar-refractivity contribution in [2.75, 3.05) is 26.4 Å². The minimum Gasteiger partial charge on any atom is -0.481 e. The Bertz CT molecular complexity index is 997. The fraction of sp³-hybridized carbons (Fsp3) is 0.429. The van der Waals surface area contributed by atoms with Gasteiger partial charge in [0.25, 0.3) is 0 Å². The first-order chi connectivity index (χ1) is 19.3. The molecule has 1 fully saturated rings. The summed E-state index contributed by atoms with van der Waals surface area (Å²) in [4.78, 5) is 44.2. The number of benzene rings is 2. The van der Waals surface area contributed by atoms with Gasteiger partial charge in [-0.2, -0.15) is 0 Å². The van der Waals surface area contributed by atoms with Crippen LogP contribution in [0.25, 0.3) is 0 Å². The number of hydrogen-bond acceptors (Lipinski definition) is 9. The van der Waals surface area contributed by atoms with E-state index in [1.165, 1.54) is 0 Å². The van der Waals surface area contributed by atoms with Crippen molar-refractivity contribution in [3.63, 3.8) is 0 Å². The van der Waals surface area contributed by atoms with Gasteiger partial charge in [0.1, 0.15) is 12.2 Å². The van der Waals surface area contributed by atoms with Crippen LogP contribution in [0.15, 0.2) is 60.7 Å². The fourth-order valence-corrected chi connectivity index (χ4v) is 2.76. The number of carboxylic acids is 1. The molecule has 2 aromatic carbocycles. The van der Waals surface area contributed by atoms with Gasteiger partial charge >= 0.3 is 11.9 Å². The van der Waals surface area contributed by atoms with Crippen LogP contribution in [0.2, 0.25) is 0 Å². The van der Waals surface area contributed by atoms with E-state index < -0.39 is 31.3 Å². The van der Waals surface area contributed by atoms with Gasteiger partial charge in [-0.25, -0.2) is 0 Å². The van der Waals surface area contributed by atoms with Gasteiger partial charge in [0.15, 0.2) is 0 Å². The molecule has 2 aromatic rings. The molecule has 1 aliphatic heterocycles. The van der Waals surface area contributed by atoms with Crippen molar-refractivity contribution in [3.05, 3.63) is 71.8 Å². The number of ether oxygens (including phenoxy) is 2. The minimum absolute atomic E-state index is 0.00917. The molecule has 0 radical (unpaired) electrons. The molecular formula is C28H38N2O10. The zero-order chi connectivity index (χ0) is 29.6. The van der Waals surface area contributed by atoms with E-state index in [2.05, 4.69) is 15.4 Å². The average Bonchev–Trinajstić information content (AvgIpc) is 3.82. The second-order valence-electron chi connectivity index (χ2n) is 8.53. The fourth-order valence-electron chi connectivity index (χ4n) is 2.76. The molecule has 1 unspecified atom stereocenters. The molecule has 2 amide bonds. The Morgan fingerprint density at radius 3 is 1.57 bits per heavy atom. The van der Waals surface area contributed by atoms with Crippen LogP contribution in [-0.2, 0) is 41.7 Å². The zero-order valence-electron chi connectivity index (χ0n) is 22.2. The van der Waals surface area contributed by atoms with Gasteiger partial charge in [-0.3, -0.25) is 19.2 Å². The number of aliphatic hydroxyl groups excluding tert-OH is 3. The largest absolute Gasteiger partial charge is 0.481 e. The number of nitrogens with one attached hydrogen (secondary N) is 2. The lowest BCUT2D eigenvalue weighted by molar-refractivity contribution is -0.154. The van der Waals surface area contributed by atoms with E-state index in [0.29, 0.717) is 13.1 Å². The average molecular weight is 563 g/mol. The topological polar surface area (TPSA) is 195 Å². The highest BCUT2D eigenvalue weighted by Gasteiger charge is 2.19. The molecule has 0 saturated carbocycles. The van der Waals surface area contributed by atoms with Crippen LogP contribution in [0.1, 0.15) is 36.8 Å². The number of esters is 1. The Morgan fingerprint density at radius 1 is 0.775 bits per heavy atom. The van der Waals surface area contributed by atoms with Gasteiger partial charge in [0.05, 0.1) is 39.3 Å². The van der Waals surface area contributed by atoms with E-state index in [1.807, 2.05) is 60.7 Å². The quantitative estimate of drug-likeness (QED) is 0.140. The summed E-state index contributed by atoms with van der Waals surface area (Å²) in [5.41, 5.74) is 1.98. The number of aliphatic carboxylic acids is 1. The molecule has 0 spiro atoms. The van der Waals surface area contributed by atoms with Crippen LogP contribution >= 0.6 is 0 Å². The molecule has 0 bridgehead atoms. The number of hydrogen-bond donors (Lipinski definition) is 6. The van der Waals surface area contributed by atoms with Crippen LogP contribution in [0, 0.1) is 0 Å². The highest BCUT2D eigenvalue weighted by atomic mass is 16.6. The number of rotatable bonds is 14. The highest BCUT2D eigenvalue weighted by Crippen LogP contribution is 2.05. The first-order valence-corrected chi connectivity index (χ1v) is 12.7. The molecule has 0 aliphatic carbocycles. The molecule has 12 heteroatoms. The van der Waals surface area contributed by atoms with Crippen molar-refractivity contribution < 1.29 is 49.1 Å². The van der Waals surface area contributed by atoms with E-state index in [9.17, 15) is 19.2 Å². The summed E-state index contributed by atoms with van der Waals surface area (Å²) in [6.07, 6.45) is -0.903. The highest BCUT2D eigenvalue weighted by molar-refractivity contribution is 5.81. The number of carbonyl (C=O) groups is 4. The van der Waals surface area contributed by atoms with Crippen LogP contribution in [0.3, 0.4) is 0 Å². The summed E-state index contributed by atoms with van der Waals surface area (Å²) in [7, 11) is 0. The second-order valence-corrected chi connectivity index (χ2v) is 8.53. The molecule has 1 saturated heterocycles. The number of epoxide rings is 1. The molecule has 1 atom stereocenters. The Hall–Kier alpha value is -3.84. The molecule has 12 nitrogen and oxygen atoms in total. The van der Waals surface area contributed by atoms with E-state index in [4.69, 9.17) is 25.2 Å². The summed E-state index contributed by atoms with van der Waals surface area (Å²) in [5, 5.41) is 39.3. The summed E-state index contributed by atoms with van der Waals surface area (Å²) < 4.78 is 9.35. The number of carbonyl (C=O) groups excluding carboxylic acids is 3. The third-order valence-electron chi connectivity index (χ3n) is 5.10. The lowest BCUT2D eigenvalue weighted by Crippen LogP contribution is -2.27. The van der Waals surface area contributed by atoms with E-state index >= 15 is 0 Å². The minimum atomic E-state index is -0.954. The van der Waals surface area contributed by atoms with Crippen molar-refractivity contribution in [3.8, 4) is 0 Å². The number of amides is 2. The van der Waals surface area contributed by atoms with Crippen molar-refractivity contribution in [1.29, 1.82) is 0 Å². The third-order valence-corrected chi connectivity index (χ3v) is 5.10. The number of carboxylic acid groups (broad SMARTS) is 1. The first-order valence-electron chi connectivity index (χ1n) is 12.7. The Kier molecular flexibility index (Phi) is 18.0. The Morgan fingerprint density at radius 2 is 1.23 bits per heavy atom. The van der Waals surface area contributed by atoms with Gasteiger partial charge in [0, 0.05) is 25.9 Å². The zero-order valence-corrected chi connectivity index (χ0v) is 22.2. The smallest absolute Gasteiger partial charge is 0.306 e. The van der Waals surface area contributed by atoms with Crippen molar-refractivity contribution >= 4 is 23.8 Å². The normalized spacial score (nSPS) is 13.1. The molecule has 3 rings (SSSR count). The van der Waals surface area contributed by atoms with E-state index in [0.717, 1.165) is 17.7 Å². The lowest BCUT2D eigenvalue weighted by Gasteiger charge is -2.12. The summed E-state index contributed by atoms with van der Waals surface area (Å²) in [5.74, 6) is -2.06. The van der Waals surface area contributed by atoms with E-state index in [-0.39, 0.29) is 50.2 Å². The Balaban J connectivity index is 0.000000349. The maximum absolute atomic E-state index is 11.5. The van der Waals surface area contributed by atoms with Crippen molar-refractivity contribution in [2.45, 2.75) is 51.0 Å². The van der Waals surface area contributed by atoms with Crippen molar-refractivity contribution in [2.24, 2.45) is 0 Å². The molecule has 6 N–H and O–H groups in total. The molecule has 1 heterocycles. The van der Waals surface area contributed by atoms with Gasteiger partial charge in [0.2, 0.25) is 11.8 Å². The standard InChI is InChI=1S/C14H19NO5.C11H13NO3.C3H6O2/c16-9-12(10-17)20-14(19)7-6-13(18)15-8-11-4-2-1-3-5-11;13-10(6-7-11(14)15)12-8-9-4-2-1-3-5-9;4-1-3-2-5-3/h1-5,12,16-17H,6-10H2,(H,15,18);1-5H,6-8H2,(H,12,13)(H,14,15);3-4H,1-2H2. The third kappa shape index (κ3) is 18.4. The van der Waals surface area contributed by atoms with Crippen LogP contribution < -0.4 is 10.6 Å². The predicted octanol–water partition coefficient (Wildman–Crippen LogP) is 0.525. The summed E-state index contributed by atoms with van der Waals surface area (Å²) >= 11 is 0. The van der Waals surface area contributed by atoms with Gasteiger partial charge in [-0.1, -0.05) is 60.7 Å². The van der Waals surface area contributed by atoms with Crippen LogP contribution in [-0.4, -0.2) is 82.8 Å². The van der Waals surface area contributed by atoms with Gasteiger partial charge < -0.3 is 40.5 Å². The van der Waals surface area contributed by atoms with Crippen molar-refractivity contribution in [1.82, 2.24) is 10.6 Å². The molecule has 0 aromatic heterocycles. The monoisotopic (exact) mass is 562 g/mol. The summed E-state index contributed by atoms with van der Waals surface area (Å²) in [6.45, 7) is 0.922. The number of aliphatic hydroxyl groups is 3. The molecular weight excluding hydrogens is 524 g/mol. The second kappa shape index (κ2) is 21.0. The molecule has 40 heavy (non-hydrogen) atoms. The maximum Gasteiger partial charge on any atom is 0.306 e. The molecule has 1 aliphatic rings. The van der Waals surface area contributed by atoms with Crippen LogP contribution in [0.5, 0.6) is 0 Å². The SMILES string of the molecule is O=C(CCC(=O)OC(CO)CO)NCc1ccccc1.O=C(O)CCC(=O)NCc1ccccc1.OCC1CO1.